The van der Waals surface area contributed by atoms with E-state index in [1.807, 2.05) is 36.4 Å². The molecule has 0 radical (unpaired) electrons. The summed E-state index contributed by atoms with van der Waals surface area (Å²) in [6.45, 7) is 0. The predicted molar refractivity (Wildman–Crippen MR) is 95.7 cm³/mol. The van der Waals surface area contributed by atoms with Crippen LogP contribution in [0.3, 0.4) is 0 Å². The van der Waals surface area contributed by atoms with Gasteiger partial charge in [-0.1, -0.05) is 24.3 Å². The smallest absolute Gasteiger partial charge is 0.105 e. The van der Waals surface area contributed by atoms with Crippen molar-refractivity contribution >= 4 is 17.2 Å². The molecule has 3 nitrogen and oxygen atoms in total. The molecule has 0 spiro atoms. The number of aliphatic hydroxyl groups excluding tert-OH is 1. The van der Waals surface area contributed by atoms with Crippen LogP contribution >= 0.6 is 0 Å². The van der Waals surface area contributed by atoms with E-state index in [0.29, 0.717) is 0 Å². The van der Waals surface area contributed by atoms with E-state index in [2.05, 4.69) is 34.3 Å². The molecular weight excluding hydrogens is 296 g/mol. The van der Waals surface area contributed by atoms with Crippen LogP contribution in [0.5, 0.6) is 0 Å². The molecule has 0 saturated carbocycles. The lowest BCUT2D eigenvalue weighted by atomic mass is 9.97. The minimum atomic E-state index is -0.669. The molecule has 0 saturated heterocycles. The van der Waals surface area contributed by atoms with Gasteiger partial charge >= 0.3 is 0 Å². The summed E-state index contributed by atoms with van der Waals surface area (Å²) in [5.74, 6) is 0. The highest BCUT2D eigenvalue weighted by molar-refractivity contribution is 6.02. The largest absolute Gasteiger partial charge is 0.384 e. The number of fused-ring (bicyclic) bond motifs is 1. The summed E-state index contributed by atoms with van der Waals surface area (Å²) < 4.78 is 0. The van der Waals surface area contributed by atoms with Crippen molar-refractivity contribution in [3.8, 4) is 0 Å². The van der Waals surface area contributed by atoms with Crippen molar-refractivity contribution in [1.29, 1.82) is 0 Å². The van der Waals surface area contributed by atoms with Crippen LogP contribution in [0.15, 0.2) is 79.4 Å². The monoisotopic (exact) mass is 312 g/mol. The molecule has 2 heterocycles. The Morgan fingerprint density at radius 1 is 0.792 bits per heavy atom. The van der Waals surface area contributed by atoms with Crippen LogP contribution in [0.25, 0.3) is 17.2 Å². The van der Waals surface area contributed by atoms with Crippen molar-refractivity contribution in [2.24, 2.45) is 0 Å². The fraction of sp³-hybridized carbons (Fsp3) is 0.0476. The van der Waals surface area contributed by atoms with Gasteiger partial charge in [-0.25, -0.2) is 0 Å². The number of pyridine rings is 2. The van der Waals surface area contributed by atoms with Crippen molar-refractivity contribution in [2.45, 2.75) is 6.10 Å². The van der Waals surface area contributed by atoms with E-state index in [1.165, 1.54) is 0 Å². The highest BCUT2D eigenvalue weighted by Crippen LogP contribution is 2.42. The molecule has 3 heteroatoms. The Balaban J connectivity index is 1.80. The first-order valence-corrected chi connectivity index (χ1v) is 7.84. The Morgan fingerprint density at radius 2 is 1.42 bits per heavy atom. The third-order valence-electron chi connectivity index (χ3n) is 4.20. The predicted octanol–water partition coefficient (Wildman–Crippen LogP) is 4.15. The van der Waals surface area contributed by atoms with Gasteiger partial charge in [0.05, 0.1) is 0 Å². The van der Waals surface area contributed by atoms with Gasteiger partial charge in [-0.2, -0.15) is 0 Å². The van der Waals surface area contributed by atoms with E-state index >= 15 is 0 Å². The van der Waals surface area contributed by atoms with Crippen molar-refractivity contribution < 1.29 is 5.11 Å². The van der Waals surface area contributed by atoms with Gasteiger partial charge in [0.25, 0.3) is 0 Å². The zero-order valence-corrected chi connectivity index (χ0v) is 13.0. The molecule has 0 amide bonds. The van der Waals surface area contributed by atoms with Crippen LogP contribution in [0.1, 0.15) is 28.4 Å². The van der Waals surface area contributed by atoms with Crippen LogP contribution < -0.4 is 0 Å². The summed E-state index contributed by atoms with van der Waals surface area (Å²) in [6, 6.07) is 15.8. The summed E-state index contributed by atoms with van der Waals surface area (Å²) in [5, 5.41) is 10.8. The minimum Gasteiger partial charge on any atom is -0.384 e. The summed E-state index contributed by atoms with van der Waals surface area (Å²) in [5.41, 5.74) is 6.15. The number of rotatable bonds is 3. The molecule has 1 aliphatic rings. The molecule has 0 fully saturated rings. The lowest BCUT2D eigenvalue weighted by Crippen LogP contribution is -1.99. The fourth-order valence-electron chi connectivity index (χ4n) is 3.02. The van der Waals surface area contributed by atoms with Gasteiger partial charge in [-0.15, -0.1) is 0 Å². The van der Waals surface area contributed by atoms with E-state index in [0.717, 1.165) is 33.4 Å². The van der Waals surface area contributed by atoms with E-state index in [-0.39, 0.29) is 0 Å². The molecule has 2 aromatic heterocycles. The maximum absolute atomic E-state index is 10.8. The van der Waals surface area contributed by atoms with Crippen LogP contribution in [0.4, 0.5) is 0 Å². The fourth-order valence-corrected chi connectivity index (χ4v) is 3.02. The number of allylic oxidation sites excluding steroid dienone is 2. The molecule has 116 valence electrons. The van der Waals surface area contributed by atoms with Crippen molar-refractivity contribution in [1.82, 2.24) is 9.97 Å². The van der Waals surface area contributed by atoms with Gasteiger partial charge in [0, 0.05) is 24.8 Å². The number of nitrogens with zero attached hydrogens (tertiary/aromatic N) is 2. The Kier molecular flexibility index (Phi) is 3.77. The second-order valence-corrected chi connectivity index (χ2v) is 5.71. The molecule has 4 rings (SSSR count). The van der Waals surface area contributed by atoms with Gasteiger partial charge in [0.2, 0.25) is 0 Å². The molecule has 1 aliphatic carbocycles. The number of hydrogen-bond acceptors (Lipinski definition) is 3. The van der Waals surface area contributed by atoms with E-state index in [9.17, 15) is 5.11 Å². The molecule has 0 aliphatic heterocycles. The van der Waals surface area contributed by atoms with Crippen molar-refractivity contribution in [3.05, 3.63) is 102 Å². The summed E-state index contributed by atoms with van der Waals surface area (Å²) in [6.07, 6.45) is 10.5. The highest BCUT2D eigenvalue weighted by atomic mass is 16.3. The molecule has 0 unspecified atom stereocenters. The quantitative estimate of drug-likeness (QED) is 0.790. The zero-order valence-electron chi connectivity index (χ0n) is 13.0. The molecule has 3 aromatic rings. The standard InChI is InChI=1S/C21H16N2O/c24-21(16-7-11-23-12-8-16)20-14-17(13-15-5-9-22-10-6-15)18-3-1-2-4-19(18)20/h1-14,21,24H/b17-13+/t21-/m0/s1. The summed E-state index contributed by atoms with van der Waals surface area (Å²) in [4.78, 5) is 8.08. The van der Waals surface area contributed by atoms with E-state index < -0.39 is 6.10 Å². The first-order chi connectivity index (χ1) is 11.8. The SMILES string of the molecule is O[C@H](C1=C/C(=C\c2ccncc2)c2ccccc21)c1ccncc1. The molecule has 0 bridgehead atoms. The van der Waals surface area contributed by atoms with E-state index in [4.69, 9.17) is 0 Å². The molecular formula is C21H16N2O. The zero-order chi connectivity index (χ0) is 16.4. The molecule has 1 N–H and O–H groups in total. The third-order valence-corrected chi connectivity index (χ3v) is 4.20. The lowest BCUT2D eigenvalue weighted by molar-refractivity contribution is 0.238. The summed E-state index contributed by atoms with van der Waals surface area (Å²) in [7, 11) is 0. The Labute approximate surface area is 140 Å². The molecule has 1 atom stereocenters. The van der Waals surface area contributed by atoms with E-state index in [1.54, 1.807) is 24.8 Å². The minimum absolute atomic E-state index is 0.669. The van der Waals surface area contributed by atoms with Crippen molar-refractivity contribution in [2.75, 3.05) is 0 Å². The highest BCUT2D eigenvalue weighted by Gasteiger charge is 2.24. The van der Waals surface area contributed by atoms with Gasteiger partial charge in [-0.3, -0.25) is 9.97 Å². The Hall–Kier alpha value is -3.04. The Bertz CT molecular complexity index is 915. The molecule has 1 aromatic carbocycles. The van der Waals surface area contributed by atoms with Crippen molar-refractivity contribution in [3.63, 3.8) is 0 Å². The topological polar surface area (TPSA) is 46.0 Å². The number of aromatic nitrogens is 2. The second kappa shape index (κ2) is 6.22. The second-order valence-electron chi connectivity index (χ2n) is 5.71. The van der Waals surface area contributed by atoms with Crippen LogP contribution in [-0.4, -0.2) is 15.1 Å². The first kappa shape index (κ1) is 14.5. The number of hydrogen-bond donors (Lipinski definition) is 1. The normalized spacial score (nSPS) is 15.9. The van der Waals surface area contributed by atoms with Gasteiger partial charge < -0.3 is 5.11 Å². The number of benzene rings is 1. The first-order valence-electron chi connectivity index (χ1n) is 7.84. The third kappa shape index (κ3) is 2.66. The van der Waals surface area contributed by atoms with Gasteiger partial charge in [0.15, 0.2) is 0 Å². The van der Waals surface area contributed by atoms with Crippen LogP contribution in [0.2, 0.25) is 0 Å². The van der Waals surface area contributed by atoms with Crippen LogP contribution in [-0.2, 0) is 0 Å². The van der Waals surface area contributed by atoms with Gasteiger partial charge in [-0.05, 0) is 69.8 Å². The van der Waals surface area contributed by atoms with Gasteiger partial charge in [0.1, 0.15) is 6.10 Å². The summed E-state index contributed by atoms with van der Waals surface area (Å²) >= 11 is 0. The Morgan fingerprint density at radius 3 is 2.12 bits per heavy atom. The average Bonchev–Trinajstić information content (AvgIpc) is 3.01. The molecule has 24 heavy (non-hydrogen) atoms. The maximum atomic E-state index is 10.8. The lowest BCUT2D eigenvalue weighted by Gasteiger charge is -2.13. The maximum Gasteiger partial charge on any atom is 0.105 e. The number of aliphatic hydroxyl groups is 1. The van der Waals surface area contributed by atoms with Crippen LogP contribution in [0, 0.1) is 0 Å². The average molecular weight is 312 g/mol.